The van der Waals surface area contributed by atoms with E-state index in [1.165, 1.54) is 270 Å². The molecule has 6 heteroatoms. The second-order valence-electron chi connectivity index (χ2n) is 22.7. The molecule has 0 saturated heterocycles. The molecule has 0 N–H and O–H groups in total. The number of carbonyl (C=O) groups excluding carboxylic acids is 3. The molecular formula is C68H128O6. The lowest BCUT2D eigenvalue weighted by molar-refractivity contribution is -0.167. The highest BCUT2D eigenvalue weighted by Gasteiger charge is 2.19. The van der Waals surface area contributed by atoms with Crippen LogP contribution < -0.4 is 0 Å². The average Bonchev–Trinajstić information content (AvgIpc) is 3.40. The van der Waals surface area contributed by atoms with E-state index in [0.29, 0.717) is 19.3 Å². The molecule has 1 atom stereocenters. The second-order valence-corrected chi connectivity index (χ2v) is 22.7. The minimum Gasteiger partial charge on any atom is -0.462 e. The Morgan fingerprint density at radius 2 is 0.459 bits per heavy atom. The Kier molecular flexibility index (Phi) is 61.6. The van der Waals surface area contributed by atoms with Gasteiger partial charge in [0, 0.05) is 19.3 Å². The molecule has 0 rings (SSSR count). The molecule has 74 heavy (non-hydrogen) atoms. The van der Waals surface area contributed by atoms with E-state index in [1.54, 1.807) is 0 Å². The fourth-order valence-electron chi connectivity index (χ4n) is 10.1. The maximum Gasteiger partial charge on any atom is 0.306 e. The topological polar surface area (TPSA) is 78.9 Å². The fraction of sp³-hybridized carbons (Fsp3) is 0.897. The van der Waals surface area contributed by atoms with Gasteiger partial charge in [-0.1, -0.05) is 315 Å². The summed E-state index contributed by atoms with van der Waals surface area (Å²) < 4.78 is 16.9. The van der Waals surface area contributed by atoms with Crippen molar-refractivity contribution in [3.8, 4) is 0 Å². The van der Waals surface area contributed by atoms with E-state index in [0.717, 1.165) is 64.2 Å². The van der Waals surface area contributed by atoms with Crippen molar-refractivity contribution in [2.45, 2.75) is 380 Å². The first-order valence-electron chi connectivity index (χ1n) is 33.3. The average molecular weight is 1040 g/mol. The van der Waals surface area contributed by atoms with Crippen LogP contribution in [0.15, 0.2) is 24.3 Å². The minimum atomic E-state index is -0.773. The Hall–Kier alpha value is -2.11. The van der Waals surface area contributed by atoms with Crippen molar-refractivity contribution in [1.29, 1.82) is 0 Å². The number of esters is 3. The largest absolute Gasteiger partial charge is 0.462 e. The summed E-state index contributed by atoms with van der Waals surface area (Å²) in [6.45, 7) is 6.66. The van der Waals surface area contributed by atoms with Gasteiger partial charge in [0.1, 0.15) is 13.2 Å². The molecule has 0 saturated carbocycles. The summed E-state index contributed by atoms with van der Waals surface area (Å²) in [6.07, 6.45) is 76.3. The van der Waals surface area contributed by atoms with E-state index in [-0.39, 0.29) is 31.1 Å². The van der Waals surface area contributed by atoms with Crippen molar-refractivity contribution in [3.63, 3.8) is 0 Å². The molecule has 436 valence electrons. The highest BCUT2D eigenvalue weighted by atomic mass is 16.6. The molecule has 0 aliphatic carbocycles. The van der Waals surface area contributed by atoms with Gasteiger partial charge in [0.15, 0.2) is 6.10 Å². The van der Waals surface area contributed by atoms with Crippen molar-refractivity contribution in [2.24, 2.45) is 0 Å². The minimum absolute atomic E-state index is 0.0697. The summed E-state index contributed by atoms with van der Waals surface area (Å²) in [5, 5.41) is 0. The highest BCUT2D eigenvalue weighted by molar-refractivity contribution is 5.71. The maximum absolute atomic E-state index is 12.9. The van der Waals surface area contributed by atoms with Gasteiger partial charge in [-0.15, -0.1) is 0 Å². The van der Waals surface area contributed by atoms with Crippen LogP contribution in [0.2, 0.25) is 0 Å². The van der Waals surface area contributed by atoms with Gasteiger partial charge in [0.25, 0.3) is 0 Å². The summed E-state index contributed by atoms with van der Waals surface area (Å²) in [6, 6.07) is 0. The maximum atomic E-state index is 12.9. The molecule has 0 amide bonds. The Balaban J connectivity index is 4.17. The first kappa shape index (κ1) is 71.9. The normalized spacial score (nSPS) is 12.1. The molecule has 0 heterocycles. The van der Waals surface area contributed by atoms with Gasteiger partial charge in [-0.05, 0) is 64.2 Å². The third-order valence-corrected chi connectivity index (χ3v) is 15.2. The predicted molar refractivity (Wildman–Crippen MR) is 321 cm³/mol. The van der Waals surface area contributed by atoms with Gasteiger partial charge in [0.2, 0.25) is 0 Å². The van der Waals surface area contributed by atoms with Crippen molar-refractivity contribution >= 4 is 17.9 Å². The van der Waals surface area contributed by atoms with Crippen molar-refractivity contribution in [2.75, 3.05) is 13.2 Å². The van der Waals surface area contributed by atoms with E-state index in [2.05, 4.69) is 45.1 Å². The zero-order chi connectivity index (χ0) is 53.6. The van der Waals surface area contributed by atoms with Crippen molar-refractivity contribution in [3.05, 3.63) is 24.3 Å². The molecule has 0 radical (unpaired) electrons. The Morgan fingerprint density at radius 1 is 0.257 bits per heavy atom. The van der Waals surface area contributed by atoms with Crippen LogP contribution in [-0.4, -0.2) is 37.2 Å². The molecule has 0 aromatic carbocycles. The van der Waals surface area contributed by atoms with E-state index < -0.39 is 6.10 Å². The molecular weight excluding hydrogens is 913 g/mol. The number of allylic oxidation sites excluding steroid dienone is 4. The zero-order valence-electron chi connectivity index (χ0n) is 50.1. The molecule has 0 aliphatic heterocycles. The van der Waals surface area contributed by atoms with Gasteiger partial charge in [-0.25, -0.2) is 0 Å². The lowest BCUT2D eigenvalue weighted by Gasteiger charge is -2.18. The van der Waals surface area contributed by atoms with Crippen LogP contribution in [0.5, 0.6) is 0 Å². The van der Waals surface area contributed by atoms with Gasteiger partial charge in [-0.3, -0.25) is 14.4 Å². The lowest BCUT2D eigenvalue weighted by Crippen LogP contribution is -2.30. The van der Waals surface area contributed by atoms with E-state index in [1.807, 2.05) is 0 Å². The summed E-state index contributed by atoms with van der Waals surface area (Å²) in [5.41, 5.74) is 0. The quantitative estimate of drug-likeness (QED) is 0.0261. The molecule has 1 unspecified atom stereocenters. The van der Waals surface area contributed by atoms with E-state index >= 15 is 0 Å². The van der Waals surface area contributed by atoms with E-state index in [9.17, 15) is 14.4 Å². The number of unbranched alkanes of at least 4 members (excludes halogenated alkanes) is 47. The molecule has 0 aromatic heterocycles. The van der Waals surface area contributed by atoms with Gasteiger partial charge in [0.05, 0.1) is 0 Å². The van der Waals surface area contributed by atoms with Crippen LogP contribution in [0.1, 0.15) is 374 Å². The number of hydrogen-bond donors (Lipinski definition) is 0. The fourth-order valence-corrected chi connectivity index (χ4v) is 10.1. The third kappa shape index (κ3) is 60.8. The van der Waals surface area contributed by atoms with Crippen molar-refractivity contribution < 1.29 is 28.6 Å². The number of carbonyl (C=O) groups is 3. The Labute approximate surface area is 462 Å². The predicted octanol–water partition coefficient (Wildman–Crippen LogP) is 22.6. The first-order valence-corrected chi connectivity index (χ1v) is 33.3. The highest BCUT2D eigenvalue weighted by Crippen LogP contribution is 2.18. The first-order chi connectivity index (χ1) is 36.5. The molecule has 0 aliphatic rings. The van der Waals surface area contributed by atoms with Crippen molar-refractivity contribution in [1.82, 2.24) is 0 Å². The number of rotatable bonds is 62. The van der Waals surface area contributed by atoms with E-state index in [4.69, 9.17) is 14.2 Å². The monoisotopic (exact) mass is 1040 g/mol. The molecule has 0 bridgehead atoms. The molecule has 0 spiro atoms. The molecule has 0 aromatic rings. The third-order valence-electron chi connectivity index (χ3n) is 15.2. The second kappa shape index (κ2) is 63.4. The van der Waals surface area contributed by atoms with Crippen LogP contribution in [0.25, 0.3) is 0 Å². The lowest BCUT2D eigenvalue weighted by atomic mass is 10.0. The summed E-state index contributed by atoms with van der Waals surface area (Å²) in [7, 11) is 0. The van der Waals surface area contributed by atoms with Gasteiger partial charge in [-0.2, -0.15) is 0 Å². The zero-order valence-corrected chi connectivity index (χ0v) is 50.1. The van der Waals surface area contributed by atoms with Crippen LogP contribution in [0.4, 0.5) is 0 Å². The van der Waals surface area contributed by atoms with Gasteiger partial charge < -0.3 is 14.2 Å². The molecule has 6 nitrogen and oxygen atoms in total. The standard InChI is InChI=1S/C68H128O6/c1-4-7-10-13-16-19-22-24-26-28-30-31-32-33-34-35-36-38-39-41-43-46-49-52-55-58-61-67(70)73-64-65(63-72-66(69)60-57-54-51-48-45-21-18-15-12-9-6-3)74-68(71)62-59-56-53-50-47-44-42-40-37-29-27-25-23-20-17-14-11-8-5-2/h15,18,25,27,65H,4-14,16-17,19-24,26,28-64H2,1-3H3/b18-15-,27-25-. The van der Waals surface area contributed by atoms with Crippen LogP contribution in [-0.2, 0) is 28.6 Å². The van der Waals surface area contributed by atoms with Crippen LogP contribution in [0, 0.1) is 0 Å². The van der Waals surface area contributed by atoms with Gasteiger partial charge >= 0.3 is 17.9 Å². The smallest absolute Gasteiger partial charge is 0.306 e. The number of hydrogen-bond acceptors (Lipinski definition) is 6. The van der Waals surface area contributed by atoms with Crippen LogP contribution in [0.3, 0.4) is 0 Å². The SMILES string of the molecule is CCCC/C=C\CCCCCCCC(=O)OCC(COC(=O)CCCCCCCCCCCCCCCCCCCCCCCCCCCC)OC(=O)CCCCCCCCCCC/C=C\CCCCCCCC. The Bertz CT molecular complexity index is 1190. The summed E-state index contributed by atoms with van der Waals surface area (Å²) in [5.74, 6) is -0.856. The van der Waals surface area contributed by atoms with Crippen LogP contribution >= 0.6 is 0 Å². The Morgan fingerprint density at radius 3 is 0.716 bits per heavy atom. The summed E-state index contributed by atoms with van der Waals surface area (Å²) >= 11 is 0. The molecule has 0 fully saturated rings. The summed E-state index contributed by atoms with van der Waals surface area (Å²) in [4.78, 5) is 38.3. The number of ether oxygens (including phenoxy) is 3.